The van der Waals surface area contributed by atoms with Crippen LogP contribution in [0.25, 0.3) is 0 Å². The second-order valence-corrected chi connectivity index (χ2v) is 8.57. The highest BCUT2D eigenvalue weighted by Crippen LogP contribution is 2.44. The van der Waals surface area contributed by atoms with Crippen LogP contribution in [0.4, 0.5) is 0 Å². The summed E-state index contributed by atoms with van der Waals surface area (Å²) < 4.78 is 0. The lowest BCUT2D eigenvalue weighted by Gasteiger charge is -2.35. The third-order valence-corrected chi connectivity index (χ3v) is 5.40. The maximum Gasteiger partial charge on any atom is 0.309 e. The van der Waals surface area contributed by atoms with Gasteiger partial charge in [0.1, 0.15) is 0 Å². The van der Waals surface area contributed by atoms with E-state index in [2.05, 4.69) is 19.9 Å². The monoisotopic (exact) mass is 322 g/mol. The van der Waals surface area contributed by atoms with Gasteiger partial charge in [0.25, 0.3) is 0 Å². The highest BCUT2D eigenvalue weighted by Gasteiger charge is 2.30. The van der Waals surface area contributed by atoms with Crippen LogP contribution in [-0.2, 0) is 11.2 Å². The Hall–Kier alpha value is -1.02. The molecule has 0 radical (unpaired) electrons. The highest BCUT2D eigenvalue weighted by molar-refractivity contribution is 6.31. The second-order valence-electron chi connectivity index (χ2n) is 8.16. The van der Waals surface area contributed by atoms with Crippen molar-refractivity contribution in [2.45, 2.75) is 65.7 Å². The first-order valence-corrected chi connectivity index (χ1v) is 8.50. The van der Waals surface area contributed by atoms with Gasteiger partial charge in [0.15, 0.2) is 0 Å². The van der Waals surface area contributed by atoms with Gasteiger partial charge in [-0.3, -0.25) is 4.79 Å². The van der Waals surface area contributed by atoms with Crippen molar-refractivity contribution in [3.8, 4) is 0 Å². The first kappa shape index (κ1) is 17.3. The third kappa shape index (κ3) is 4.04. The molecule has 1 aliphatic rings. The van der Waals surface area contributed by atoms with Crippen LogP contribution in [0.15, 0.2) is 18.2 Å². The summed E-state index contributed by atoms with van der Waals surface area (Å²) in [6.45, 7) is 8.17. The Labute approximate surface area is 138 Å². The van der Waals surface area contributed by atoms with E-state index >= 15 is 0 Å². The molecule has 1 fully saturated rings. The lowest BCUT2D eigenvalue weighted by Crippen LogP contribution is -2.26. The molecule has 0 aromatic heterocycles. The number of aliphatic carboxylic acids is 1. The zero-order valence-corrected chi connectivity index (χ0v) is 14.8. The first-order chi connectivity index (χ1) is 10.1. The molecule has 0 atom stereocenters. The van der Waals surface area contributed by atoms with Gasteiger partial charge in [-0.1, -0.05) is 37.6 Å². The van der Waals surface area contributed by atoms with Crippen LogP contribution >= 0.6 is 11.6 Å². The van der Waals surface area contributed by atoms with Gasteiger partial charge >= 0.3 is 5.97 Å². The Morgan fingerprint density at radius 1 is 1.32 bits per heavy atom. The standard InChI is InChI=1S/C19H27ClO2/c1-18(2)9-7-14(8-10-18)15-6-5-13(11-16(15)20)12-19(3,4)17(21)22/h5-6,11,14H,7-10,12H2,1-4H3,(H,21,22). The SMILES string of the molecule is CC1(C)CCC(c2ccc(CC(C)(C)C(=O)O)cc2Cl)CC1. The molecule has 2 rings (SSSR count). The molecule has 3 heteroatoms. The summed E-state index contributed by atoms with van der Waals surface area (Å²) in [5.41, 5.74) is 1.92. The number of rotatable bonds is 4. The van der Waals surface area contributed by atoms with E-state index in [0.717, 1.165) is 10.6 Å². The van der Waals surface area contributed by atoms with Crippen LogP contribution in [-0.4, -0.2) is 11.1 Å². The van der Waals surface area contributed by atoms with Crippen molar-refractivity contribution in [2.75, 3.05) is 0 Å². The summed E-state index contributed by atoms with van der Waals surface area (Å²) in [6, 6.07) is 6.12. The molecule has 1 N–H and O–H groups in total. The zero-order chi connectivity index (χ0) is 16.5. The molecule has 22 heavy (non-hydrogen) atoms. The minimum absolute atomic E-state index is 0.453. The molecule has 1 aromatic carbocycles. The van der Waals surface area contributed by atoms with E-state index in [0.29, 0.717) is 17.8 Å². The predicted molar refractivity (Wildman–Crippen MR) is 91.6 cm³/mol. The van der Waals surface area contributed by atoms with Gasteiger partial charge in [-0.2, -0.15) is 0 Å². The Kier molecular flexibility index (Phi) is 4.91. The van der Waals surface area contributed by atoms with Gasteiger partial charge in [0, 0.05) is 5.02 Å². The molecular formula is C19H27ClO2. The molecule has 0 aliphatic heterocycles. The van der Waals surface area contributed by atoms with Crippen LogP contribution in [0.3, 0.4) is 0 Å². The number of benzene rings is 1. The van der Waals surface area contributed by atoms with E-state index in [1.54, 1.807) is 13.8 Å². The van der Waals surface area contributed by atoms with Gasteiger partial charge in [0.05, 0.1) is 5.41 Å². The molecule has 1 aliphatic carbocycles. The van der Waals surface area contributed by atoms with Gasteiger partial charge in [-0.15, -0.1) is 0 Å². The first-order valence-electron chi connectivity index (χ1n) is 8.12. The molecule has 0 bridgehead atoms. The summed E-state index contributed by atoms with van der Waals surface area (Å²) in [5.74, 6) is -0.232. The molecule has 0 heterocycles. The van der Waals surface area contributed by atoms with Crippen LogP contribution in [0.5, 0.6) is 0 Å². The molecule has 122 valence electrons. The van der Waals surface area contributed by atoms with Crippen molar-refractivity contribution < 1.29 is 9.90 Å². The summed E-state index contributed by atoms with van der Waals surface area (Å²) >= 11 is 6.49. The van der Waals surface area contributed by atoms with Crippen LogP contribution < -0.4 is 0 Å². The van der Waals surface area contributed by atoms with Gasteiger partial charge in [-0.05, 0) is 74.5 Å². The molecule has 0 spiro atoms. The Morgan fingerprint density at radius 2 is 1.91 bits per heavy atom. The molecule has 0 saturated heterocycles. The van der Waals surface area contributed by atoms with E-state index in [-0.39, 0.29) is 0 Å². The number of carbonyl (C=O) groups is 1. The summed E-state index contributed by atoms with van der Waals surface area (Å²) in [7, 11) is 0. The maximum atomic E-state index is 11.3. The Morgan fingerprint density at radius 3 is 2.41 bits per heavy atom. The highest BCUT2D eigenvalue weighted by atomic mass is 35.5. The van der Waals surface area contributed by atoms with Gasteiger partial charge in [-0.25, -0.2) is 0 Å². The number of carboxylic acid groups (broad SMARTS) is 1. The number of hydrogen-bond donors (Lipinski definition) is 1. The van der Waals surface area contributed by atoms with Crippen LogP contribution in [0.1, 0.15) is 70.4 Å². The topological polar surface area (TPSA) is 37.3 Å². The summed E-state index contributed by atoms with van der Waals surface area (Å²) in [6.07, 6.45) is 5.35. The fourth-order valence-corrected chi connectivity index (χ4v) is 3.67. The van der Waals surface area contributed by atoms with Crippen molar-refractivity contribution in [1.82, 2.24) is 0 Å². The predicted octanol–water partition coefficient (Wildman–Crippen LogP) is 5.68. The second kappa shape index (κ2) is 6.23. The van der Waals surface area contributed by atoms with Crippen molar-refractivity contribution >= 4 is 17.6 Å². The average Bonchev–Trinajstić information content (AvgIpc) is 2.39. The van der Waals surface area contributed by atoms with Crippen molar-refractivity contribution in [3.63, 3.8) is 0 Å². The molecule has 0 amide bonds. The van der Waals surface area contributed by atoms with Crippen LogP contribution in [0.2, 0.25) is 5.02 Å². The minimum atomic E-state index is -0.776. The fourth-order valence-electron chi connectivity index (χ4n) is 3.31. The normalized spacial score (nSPS) is 19.1. The van der Waals surface area contributed by atoms with E-state index in [1.165, 1.54) is 31.2 Å². The van der Waals surface area contributed by atoms with Gasteiger partial charge < -0.3 is 5.11 Å². The summed E-state index contributed by atoms with van der Waals surface area (Å²) in [5, 5.41) is 10.0. The largest absolute Gasteiger partial charge is 0.481 e. The third-order valence-electron chi connectivity index (χ3n) is 5.07. The van der Waals surface area contributed by atoms with E-state index in [1.807, 2.05) is 12.1 Å². The molecular weight excluding hydrogens is 296 g/mol. The number of halogens is 1. The molecule has 0 unspecified atom stereocenters. The average molecular weight is 323 g/mol. The number of carboxylic acids is 1. The molecule has 1 saturated carbocycles. The lowest BCUT2D eigenvalue weighted by atomic mass is 9.71. The van der Waals surface area contributed by atoms with E-state index in [9.17, 15) is 9.90 Å². The molecule has 2 nitrogen and oxygen atoms in total. The van der Waals surface area contributed by atoms with Crippen LogP contribution in [0, 0.1) is 10.8 Å². The van der Waals surface area contributed by atoms with Gasteiger partial charge in [0.2, 0.25) is 0 Å². The fraction of sp³-hybridized carbons (Fsp3) is 0.632. The zero-order valence-electron chi connectivity index (χ0n) is 14.1. The van der Waals surface area contributed by atoms with Crippen molar-refractivity contribution in [1.29, 1.82) is 0 Å². The van der Waals surface area contributed by atoms with E-state index in [4.69, 9.17) is 11.6 Å². The lowest BCUT2D eigenvalue weighted by molar-refractivity contribution is -0.146. The van der Waals surface area contributed by atoms with E-state index < -0.39 is 11.4 Å². The number of hydrogen-bond acceptors (Lipinski definition) is 1. The van der Waals surface area contributed by atoms with Crippen molar-refractivity contribution in [3.05, 3.63) is 34.3 Å². The smallest absolute Gasteiger partial charge is 0.309 e. The minimum Gasteiger partial charge on any atom is -0.481 e. The summed E-state index contributed by atoms with van der Waals surface area (Å²) in [4.78, 5) is 11.3. The Bertz CT molecular complexity index is 551. The quantitative estimate of drug-likeness (QED) is 0.774. The molecule has 1 aromatic rings. The Balaban J connectivity index is 2.12. The maximum absolute atomic E-state index is 11.3. The van der Waals surface area contributed by atoms with Crippen molar-refractivity contribution in [2.24, 2.45) is 10.8 Å².